The molecule has 2 aromatic carbocycles. The van der Waals surface area contributed by atoms with Gasteiger partial charge in [-0.3, -0.25) is 4.79 Å². The van der Waals surface area contributed by atoms with Crippen LogP contribution in [0, 0.1) is 11.3 Å². The van der Waals surface area contributed by atoms with Crippen LogP contribution in [-0.2, 0) is 14.0 Å². The van der Waals surface area contributed by atoms with Gasteiger partial charge in [0, 0.05) is 5.56 Å². The molecule has 45 heavy (non-hydrogen) atoms. The quantitative estimate of drug-likeness (QED) is 0.112. The second-order valence-electron chi connectivity index (χ2n) is 14.5. The Kier molecular flexibility index (Phi) is 13.4. The molecule has 0 heterocycles. The SMILES string of the molecule is CC[C@H](C)C(C)(C)[C@@H](O)[C@@H](O)/C(C)=C(\C)[C@H](C)OC(=O)[C@H](O[Si](C)(C)C(C)(C)C)[C@@H](NC(=O)c1ccccc1)c1ccccc1. The molecule has 0 saturated heterocycles. The summed E-state index contributed by atoms with van der Waals surface area (Å²) >= 11 is 0. The number of nitrogens with one attached hydrogen (secondary N) is 1. The fourth-order valence-electron chi connectivity index (χ4n) is 4.90. The standard InChI is InChI=1S/C37H57NO6Si/c1-13-24(2)37(9,10)33(40)31(39)26(4)25(3)27(5)43-35(42)32(44-45(11,12)36(6,7)8)30(28-20-16-14-17-21-28)38-34(41)29-22-18-15-19-23-29/h14-24,27,30-33,39-40H,13H2,1-12H3,(H,38,41)/b26-25+/t24-,27-,30-,31-,32+,33-/m0/s1. The van der Waals surface area contributed by atoms with E-state index in [1.165, 1.54) is 0 Å². The van der Waals surface area contributed by atoms with E-state index in [0.29, 0.717) is 22.3 Å². The van der Waals surface area contributed by atoms with Gasteiger partial charge in [-0.05, 0) is 79.1 Å². The van der Waals surface area contributed by atoms with Gasteiger partial charge in [0.1, 0.15) is 12.2 Å². The Morgan fingerprint density at radius 3 is 1.87 bits per heavy atom. The predicted octanol–water partition coefficient (Wildman–Crippen LogP) is 7.61. The molecule has 0 radical (unpaired) electrons. The number of ether oxygens (including phenoxy) is 1. The highest BCUT2D eigenvalue weighted by atomic mass is 28.4. The number of aliphatic hydroxyl groups excluding tert-OH is 2. The zero-order chi connectivity index (χ0) is 34.3. The molecule has 0 fully saturated rings. The van der Waals surface area contributed by atoms with E-state index >= 15 is 0 Å². The third-order valence-corrected chi connectivity index (χ3v) is 14.6. The fraction of sp³-hybridized carbons (Fsp3) is 0.568. The molecule has 1 amide bonds. The van der Waals surface area contributed by atoms with Gasteiger partial charge in [-0.25, -0.2) is 4.79 Å². The van der Waals surface area contributed by atoms with Crippen molar-refractivity contribution in [3.8, 4) is 0 Å². The van der Waals surface area contributed by atoms with Gasteiger partial charge in [0.25, 0.3) is 5.91 Å². The van der Waals surface area contributed by atoms with Gasteiger partial charge < -0.3 is 24.7 Å². The number of hydrogen-bond donors (Lipinski definition) is 3. The lowest BCUT2D eigenvalue weighted by atomic mass is 9.71. The summed E-state index contributed by atoms with van der Waals surface area (Å²) in [5.74, 6) is -0.765. The first-order chi connectivity index (χ1) is 20.8. The van der Waals surface area contributed by atoms with Gasteiger partial charge in [0.15, 0.2) is 14.4 Å². The summed E-state index contributed by atoms with van der Waals surface area (Å²) in [4.78, 5) is 27.7. The van der Waals surface area contributed by atoms with Crippen LogP contribution in [0.15, 0.2) is 71.8 Å². The van der Waals surface area contributed by atoms with E-state index in [-0.39, 0.29) is 16.9 Å². The highest BCUT2D eigenvalue weighted by Crippen LogP contribution is 2.40. The third kappa shape index (κ3) is 9.61. The van der Waals surface area contributed by atoms with Crippen LogP contribution in [0.25, 0.3) is 0 Å². The Morgan fingerprint density at radius 2 is 1.38 bits per heavy atom. The van der Waals surface area contributed by atoms with E-state index < -0.39 is 50.2 Å². The summed E-state index contributed by atoms with van der Waals surface area (Å²) < 4.78 is 12.9. The summed E-state index contributed by atoms with van der Waals surface area (Å²) in [6, 6.07) is 17.4. The molecule has 2 aromatic rings. The molecule has 0 bridgehead atoms. The maximum Gasteiger partial charge on any atom is 0.337 e. The number of amides is 1. The van der Waals surface area contributed by atoms with Crippen molar-refractivity contribution in [3.05, 3.63) is 82.9 Å². The van der Waals surface area contributed by atoms with Gasteiger partial charge in [-0.15, -0.1) is 0 Å². The molecule has 0 unspecified atom stereocenters. The van der Waals surface area contributed by atoms with Crippen LogP contribution in [0.4, 0.5) is 0 Å². The van der Waals surface area contributed by atoms with E-state index in [4.69, 9.17) is 9.16 Å². The molecule has 0 aromatic heterocycles. The number of aliphatic hydroxyl groups is 2. The zero-order valence-electron chi connectivity index (χ0n) is 29.5. The lowest BCUT2D eigenvalue weighted by molar-refractivity contribution is -0.157. The summed E-state index contributed by atoms with van der Waals surface area (Å²) in [7, 11) is -2.56. The molecule has 0 aliphatic rings. The number of esters is 1. The van der Waals surface area contributed by atoms with Crippen LogP contribution < -0.4 is 5.32 Å². The Balaban J connectivity index is 2.52. The van der Waals surface area contributed by atoms with Crippen LogP contribution in [0.2, 0.25) is 18.1 Å². The summed E-state index contributed by atoms with van der Waals surface area (Å²) in [5.41, 5.74) is 1.85. The van der Waals surface area contributed by atoms with Crippen molar-refractivity contribution in [2.24, 2.45) is 11.3 Å². The van der Waals surface area contributed by atoms with Crippen LogP contribution in [0.3, 0.4) is 0 Å². The van der Waals surface area contributed by atoms with Crippen molar-refractivity contribution >= 4 is 20.2 Å². The van der Waals surface area contributed by atoms with Gasteiger partial charge in [-0.2, -0.15) is 0 Å². The Bertz CT molecular complexity index is 1280. The molecule has 0 saturated carbocycles. The Morgan fingerprint density at radius 1 is 0.867 bits per heavy atom. The minimum atomic E-state index is -2.56. The van der Waals surface area contributed by atoms with Gasteiger partial charge in [0.2, 0.25) is 0 Å². The van der Waals surface area contributed by atoms with Crippen LogP contribution in [-0.4, -0.2) is 54.8 Å². The fourth-order valence-corrected chi connectivity index (χ4v) is 6.12. The number of benzene rings is 2. The third-order valence-electron chi connectivity index (χ3n) is 10.2. The molecule has 2 rings (SSSR count). The average Bonchev–Trinajstić information content (AvgIpc) is 3.00. The van der Waals surface area contributed by atoms with E-state index in [2.05, 4.69) is 53.0 Å². The van der Waals surface area contributed by atoms with Gasteiger partial charge in [0.05, 0.1) is 12.1 Å². The second kappa shape index (κ2) is 15.7. The highest BCUT2D eigenvalue weighted by Gasteiger charge is 2.45. The van der Waals surface area contributed by atoms with Crippen LogP contribution >= 0.6 is 0 Å². The van der Waals surface area contributed by atoms with Gasteiger partial charge >= 0.3 is 5.97 Å². The lowest BCUT2D eigenvalue weighted by Gasteiger charge is -2.41. The number of rotatable bonds is 14. The van der Waals surface area contributed by atoms with E-state index in [1.807, 2.05) is 50.2 Å². The Hall–Kier alpha value is -2.78. The maximum absolute atomic E-state index is 14.2. The highest BCUT2D eigenvalue weighted by molar-refractivity contribution is 6.74. The van der Waals surface area contributed by atoms with Crippen molar-refractivity contribution < 1.29 is 29.0 Å². The summed E-state index contributed by atoms with van der Waals surface area (Å²) in [5, 5.41) is 25.2. The molecule has 0 aliphatic heterocycles. The van der Waals surface area contributed by atoms with Crippen LogP contribution in [0.1, 0.15) is 97.6 Å². The second-order valence-corrected chi connectivity index (χ2v) is 19.2. The number of hydrogen-bond acceptors (Lipinski definition) is 6. The molecule has 7 nitrogen and oxygen atoms in total. The number of carbonyl (C=O) groups excluding carboxylic acids is 2. The van der Waals surface area contributed by atoms with Crippen molar-refractivity contribution in [1.82, 2.24) is 5.32 Å². The maximum atomic E-state index is 14.2. The molecule has 6 atom stereocenters. The van der Waals surface area contributed by atoms with E-state index in [0.717, 1.165) is 6.42 Å². The average molecular weight is 640 g/mol. The van der Waals surface area contributed by atoms with E-state index in [1.54, 1.807) is 45.0 Å². The zero-order valence-corrected chi connectivity index (χ0v) is 30.5. The van der Waals surface area contributed by atoms with Gasteiger partial charge in [-0.1, -0.05) is 103 Å². The molecule has 8 heteroatoms. The molecular weight excluding hydrogens is 582 g/mol. The first-order valence-corrected chi connectivity index (χ1v) is 19.0. The van der Waals surface area contributed by atoms with Crippen molar-refractivity contribution in [2.75, 3.05) is 0 Å². The normalized spacial score (nSPS) is 17.3. The molecular formula is C37H57NO6Si. The lowest BCUT2D eigenvalue weighted by Crippen LogP contribution is -2.52. The van der Waals surface area contributed by atoms with E-state index in [9.17, 15) is 19.8 Å². The Labute approximate surface area is 272 Å². The smallest absolute Gasteiger partial charge is 0.337 e. The van der Waals surface area contributed by atoms with Crippen molar-refractivity contribution in [1.29, 1.82) is 0 Å². The molecule has 3 N–H and O–H groups in total. The molecule has 0 aliphatic carbocycles. The minimum Gasteiger partial charge on any atom is -0.456 e. The predicted molar refractivity (Wildman–Crippen MR) is 184 cm³/mol. The topological polar surface area (TPSA) is 105 Å². The first kappa shape index (κ1) is 38.4. The monoisotopic (exact) mass is 639 g/mol. The summed E-state index contributed by atoms with van der Waals surface area (Å²) in [6.07, 6.45) is -3.13. The van der Waals surface area contributed by atoms with Crippen LogP contribution in [0.5, 0.6) is 0 Å². The first-order valence-electron chi connectivity index (χ1n) is 16.1. The molecule has 250 valence electrons. The number of carbonyl (C=O) groups is 2. The van der Waals surface area contributed by atoms with Crippen molar-refractivity contribution in [2.45, 2.75) is 124 Å². The molecule has 0 spiro atoms. The van der Waals surface area contributed by atoms with Crippen molar-refractivity contribution in [3.63, 3.8) is 0 Å². The minimum absolute atomic E-state index is 0.180. The largest absolute Gasteiger partial charge is 0.456 e. The summed E-state index contributed by atoms with van der Waals surface area (Å²) in [6.45, 7) is 23.7.